The van der Waals surface area contributed by atoms with Gasteiger partial charge in [-0.1, -0.05) is 41.6 Å². The Hall–Kier alpha value is -2.45. The first-order valence-electron chi connectivity index (χ1n) is 6.68. The van der Waals surface area contributed by atoms with Gasteiger partial charge in [0.15, 0.2) is 0 Å². The summed E-state index contributed by atoms with van der Waals surface area (Å²) in [4.78, 5) is 10.5. The van der Waals surface area contributed by atoms with Crippen LogP contribution in [0.2, 0.25) is 5.02 Å². The normalized spacial score (nSPS) is 10.8. The smallest absolute Gasteiger partial charge is 0.282 e. The molecular weight excluding hydrogens is 357 g/mol. The molecule has 2 aromatic carbocycles. The third kappa shape index (κ3) is 3.55. The van der Waals surface area contributed by atoms with Gasteiger partial charge in [-0.3, -0.25) is 10.1 Å². The number of nitro benzene ring substituents is 1. The van der Waals surface area contributed by atoms with Crippen molar-refractivity contribution in [1.82, 2.24) is 10.2 Å². The van der Waals surface area contributed by atoms with Gasteiger partial charge in [0.2, 0.25) is 0 Å². The Bertz CT molecular complexity index is 903. The van der Waals surface area contributed by atoms with Crippen LogP contribution >= 0.6 is 23.4 Å². The molecule has 1 aromatic heterocycles. The van der Waals surface area contributed by atoms with Crippen LogP contribution in [-0.2, 0) is 5.75 Å². The van der Waals surface area contributed by atoms with Crippen LogP contribution in [0.1, 0.15) is 5.56 Å². The molecule has 0 spiro atoms. The number of hydrogen-bond donors (Lipinski definition) is 0. The van der Waals surface area contributed by atoms with Crippen LogP contribution in [0.5, 0.6) is 0 Å². The highest BCUT2D eigenvalue weighted by Gasteiger charge is 2.19. The molecule has 0 aliphatic rings. The van der Waals surface area contributed by atoms with E-state index in [0.29, 0.717) is 10.6 Å². The summed E-state index contributed by atoms with van der Waals surface area (Å²) in [6, 6.07) is 10.5. The Kier molecular flexibility index (Phi) is 4.77. The van der Waals surface area contributed by atoms with E-state index in [-0.39, 0.29) is 28.1 Å². The molecule has 0 atom stereocenters. The highest BCUT2D eigenvalue weighted by molar-refractivity contribution is 7.98. The minimum atomic E-state index is -0.518. The van der Waals surface area contributed by atoms with Crippen molar-refractivity contribution in [3.8, 4) is 11.5 Å². The van der Waals surface area contributed by atoms with Gasteiger partial charge < -0.3 is 4.42 Å². The second kappa shape index (κ2) is 6.98. The van der Waals surface area contributed by atoms with Crippen molar-refractivity contribution < 1.29 is 13.7 Å². The Morgan fingerprint density at radius 3 is 2.79 bits per heavy atom. The third-order valence-corrected chi connectivity index (χ3v) is 4.21. The molecule has 9 heteroatoms. The van der Waals surface area contributed by atoms with Crippen molar-refractivity contribution in [2.45, 2.75) is 11.0 Å². The molecule has 0 amide bonds. The van der Waals surface area contributed by atoms with Gasteiger partial charge in [0.1, 0.15) is 11.4 Å². The fourth-order valence-electron chi connectivity index (χ4n) is 1.97. The minimum Gasteiger partial charge on any atom is -0.411 e. The molecule has 3 rings (SSSR count). The Labute approximate surface area is 144 Å². The molecule has 6 nitrogen and oxygen atoms in total. The number of hydrogen-bond acceptors (Lipinski definition) is 6. The molecule has 0 aliphatic heterocycles. The largest absolute Gasteiger partial charge is 0.411 e. The van der Waals surface area contributed by atoms with E-state index in [2.05, 4.69) is 10.2 Å². The molecule has 0 N–H and O–H groups in total. The number of para-hydroxylation sites is 1. The molecule has 0 saturated carbocycles. The maximum atomic E-state index is 13.7. The summed E-state index contributed by atoms with van der Waals surface area (Å²) in [5.41, 5.74) is 0.552. The first-order chi connectivity index (χ1) is 11.5. The standard InChI is InChI=1S/C15H9ClFN3O3S/c16-10-6-5-9(12(17)7-10)8-24-15-19-18-14(23-15)11-3-1-2-4-13(11)20(21)22/h1-7H,8H2. The lowest BCUT2D eigenvalue weighted by atomic mass is 10.2. The Balaban J connectivity index is 1.78. The number of halogens is 2. The second-order valence-corrected chi connectivity index (χ2v) is 6.03. The molecule has 122 valence electrons. The SMILES string of the molecule is O=[N+]([O-])c1ccccc1-c1nnc(SCc2ccc(Cl)cc2F)o1. The zero-order valence-electron chi connectivity index (χ0n) is 12.0. The fraction of sp³-hybridized carbons (Fsp3) is 0.0667. The minimum absolute atomic E-state index is 0.0429. The van der Waals surface area contributed by atoms with Crippen molar-refractivity contribution in [1.29, 1.82) is 0 Å². The van der Waals surface area contributed by atoms with E-state index in [1.807, 2.05) is 0 Å². The monoisotopic (exact) mass is 365 g/mol. The number of aromatic nitrogens is 2. The number of nitro groups is 1. The predicted molar refractivity (Wildman–Crippen MR) is 87.4 cm³/mol. The van der Waals surface area contributed by atoms with Crippen LogP contribution in [0.25, 0.3) is 11.5 Å². The number of rotatable bonds is 5. The van der Waals surface area contributed by atoms with E-state index in [1.165, 1.54) is 18.2 Å². The van der Waals surface area contributed by atoms with Gasteiger partial charge in [0, 0.05) is 16.8 Å². The summed E-state index contributed by atoms with van der Waals surface area (Å²) in [6.45, 7) is 0. The van der Waals surface area contributed by atoms with Crippen molar-refractivity contribution in [2.75, 3.05) is 0 Å². The molecule has 0 bridgehead atoms. The fourth-order valence-corrected chi connectivity index (χ4v) is 2.88. The van der Waals surface area contributed by atoms with Gasteiger partial charge in [-0.2, -0.15) is 0 Å². The summed E-state index contributed by atoms with van der Waals surface area (Å²) < 4.78 is 19.2. The first kappa shape index (κ1) is 16.4. The van der Waals surface area contributed by atoms with E-state index >= 15 is 0 Å². The summed E-state index contributed by atoms with van der Waals surface area (Å²) in [5, 5.41) is 19.2. The Morgan fingerprint density at radius 2 is 2.04 bits per heavy atom. The van der Waals surface area contributed by atoms with Crippen LogP contribution in [0.4, 0.5) is 10.1 Å². The summed E-state index contributed by atoms with van der Waals surface area (Å²) in [7, 11) is 0. The van der Waals surface area contributed by atoms with Crippen molar-refractivity contribution >= 4 is 29.1 Å². The van der Waals surface area contributed by atoms with Gasteiger partial charge in [-0.25, -0.2) is 4.39 Å². The van der Waals surface area contributed by atoms with Crippen LogP contribution in [0.3, 0.4) is 0 Å². The highest BCUT2D eigenvalue weighted by Crippen LogP contribution is 2.31. The van der Waals surface area contributed by atoms with E-state index in [1.54, 1.807) is 24.3 Å². The van der Waals surface area contributed by atoms with E-state index in [0.717, 1.165) is 11.8 Å². The van der Waals surface area contributed by atoms with Gasteiger partial charge in [0.25, 0.3) is 16.8 Å². The first-order valence-corrected chi connectivity index (χ1v) is 8.05. The zero-order valence-corrected chi connectivity index (χ0v) is 13.6. The average molecular weight is 366 g/mol. The lowest BCUT2D eigenvalue weighted by molar-refractivity contribution is -0.384. The number of thioether (sulfide) groups is 1. The molecule has 3 aromatic rings. The molecule has 1 heterocycles. The molecular formula is C15H9ClFN3O3S. The van der Waals surface area contributed by atoms with E-state index in [4.69, 9.17) is 16.0 Å². The second-order valence-electron chi connectivity index (χ2n) is 4.67. The molecule has 0 aliphatic carbocycles. The van der Waals surface area contributed by atoms with Crippen molar-refractivity contribution in [3.63, 3.8) is 0 Å². The van der Waals surface area contributed by atoms with Crippen molar-refractivity contribution in [3.05, 3.63) is 69.0 Å². The topological polar surface area (TPSA) is 82.1 Å². The maximum Gasteiger partial charge on any atom is 0.282 e. The number of benzene rings is 2. The quantitative estimate of drug-likeness (QED) is 0.369. The molecule has 0 fully saturated rings. The lowest BCUT2D eigenvalue weighted by Gasteiger charge is -2.01. The predicted octanol–water partition coefficient (Wildman–Crippen LogP) is 4.73. The van der Waals surface area contributed by atoms with Crippen LogP contribution in [0.15, 0.2) is 52.1 Å². The van der Waals surface area contributed by atoms with E-state index in [9.17, 15) is 14.5 Å². The van der Waals surface area contributed by atoms with E-state index < -0.39 is 10.7 Å². The van der Waals surface area contributed by atoms with Gasteiger partial charge in [-0.15, -0.1) is 10.2 Å². The number of nitrogens with zero attached hydrogens (tertiary/aromatic N) is 3. The molecule has 0 saturated heterocycles. The van der Waals surface area contributed by atoms with Gasteiger partial charge >= 0.3 is 0 Å². The average Bonchev–Trinajstić information content (AvgIpc) is 3.03. The third-order valence-electron chi connectivity index (χ3n) is 3.10. The highest BCUT2D eigenvalue weighted by atomic mass is 35.5. The molecule has 0 radical (unpaired) electrons. The zero-order chi connectivity index (χ0) is 17.1. The van der Waals surface area contributed by atoms with Gasteiger partial charge in [-0.05, 0) is 23.8 Å². The Morgan fingerprint density at radius 1 is 1.25 bits per heavy atom. The van der Waals surface area contributed by atoms with Crippen LogP contribution in [-0.4, -0.2) is 15.1 Å². The lowest BCUT2D eigenvalue weighted by Crippen LogP contribution is -1.91. The maximum absolute atomic E-state index is 13.7. The summed E-state index contributed by atoms with van der Waals surface area (Å²) >= 11 is 6.83. The molecule has 24 heavy (non-hydrogen) atoms. The molecule has 0 unspecified atom stereocenters. The van der Waals surface area contributed by atoms with Crippen molar-refractivity contribution in [2.24, 2.45) is 0 Å². The summed E-state index contributed by atoms with van der Waals surface area (Å²) in [6.07, 6.45) is 0. The summed E-state index contributed by atoms with van der Waals surface area (Å²) in [5.74, 6) is -0.114. The van der Waals surface area contributed by atoms with Gasteiger partial charge in [0.05, 0.1) is 4.92 Å². The van der Waals surface area contributed by atoms with Crippen LogP contribution < -0.4 is 0 Å². The van der Waals surface area contributed by atoms with Crippen LogP contribution in [0, 0.1) is 15.9 Å².